The molecule has 122 valence electrons. The van der Waals surface area contributed by atoms with Crippen molar-refractivity contribution in [3.63, 3.8) is 0 Å². The Morgan fingerprint density at radius 1 is 1.04 bits per heavy atom. The number of unbranched alkanes of at least 4 members (excludes halogenated alkanes) is 2. The lowest BCUT2D eigenvalue weighted by atomic mass is 10.1. The number of nitrogens with two attached hydrogens (primary N) is 1. The summed E-state index contributed by atoms with van der Waals surface area (Å²) >= 11 is 0. The number of benzene rings is 1. The van der Waals surface area contributed by atoms with Crippen LogP contribution in [0.4, 0.5) is 0 Å². The minimum absolute atomic E-state index is 0.773. The topological polar surface area (TPSA) is 67.8 Å². The average Bonchev–Trinajstić information content (AvgIpc) is 3.26. The van der Waals surface area contributed by atoms with E-state index in [4.69, 9.17) is 10.2 Å². The third-order valence-corrected chi connectivity index (χ3v) is 4.48. The molecular weight excluding hydrogens is 298 g/mol. The van der Waals surface area contributed by atoms with Gasteiger partial charge in [0.15, 0.2) is 0 Å². The van der Waals surface area contributed by atoms with Crippen molar-refractivity contribution in [1.82, 2.24) is 9.97 Å². The summed E-state index contributed by atoms with van der Waals surface area (Å²) in [7, 11) is 0. The molecule has 0 saturated heterocycles. The highest BCUT2D eigenvalue weighted by Gasteiger charge is 2.09. The van der Waals surface area contributed by atoms with Gasteiger partial charge in [-0.2, -0.15) is 0 Å². The smallest absolute Gasteiger partial charge is 0.138 e. The molecule has 0 aliphatic heterocycles. The molecule has 4 aromatic rings. The summed E-state index contributed by atoms with van der Waals surface area (Å²) in [5, 5.41) is 2.37. The van der Waals surface area contributed by atoms with E-state index >= 15 is 0 Å². The van der Waals surface area contributed by atoms with Gasteiger partial charge in [0, 0.05) is 28.0 Å². The number of hydrogen-bond acceptors (Lipinski definition) is 3. The van der Waals surface area contributed by atoms with Crippen LogP contribution >= 0.6 is 0 Å². The molecule has 0 fully saturated rings. The van der Waals surface area contributed by atoms with E-state index in [1.54, 1.807) is 6.26 Å². The van der Waals surface area contributed by atoms with Crippen LogP contribution in [0.25, 0.3) is 33.3 Å². The maximum Gasteiger partial charge on any atom is 0.138 e. The molecule has 3 heterocycles. The van der Waals surface area contributed by atoms with Gasteiger partial charge in [0.2, 0.25) is 0 Å². The third-order valence-electron chi connectivity index (χ3n) is 4.48. The molecule has 4 heteroatoms. The predicted molar refractivity (Wildman–Crippen MR) is 97.9 cm³/mol. The highest BCUT2D eigenvalue weighted by atomic mass is 16.3. The van der Waals surface area contributed by atoms with E-state index in [0.717, 1.165) is 48.3 Å². The summed E-state index contributed by atoms with van der Waals surface area (Å²) in [6.45, 7) is 0.773. The summed E-state index contributed by atoms with van der Waals surface area (Å²) in [6.07, 6.45) is 8.15. The fourth-order valence-electron chi connectivity index (χ4n) is 3.20. The second-order valence-corrected chi connectivity index (χ2v) is 6.20. The highest BCUT2D eigenvalue weighted by molar-refractivity contribution is 6.07. The number of nitrogens with zero attached hydrogens (tertiary/aromatic N) is 1. The molecule has 0 unspecified atom stereocenters. The van der Waals surface area contributed by atoms with Crippen molar-refractivity contribution in [2.24, 2.45) is 5.73 Å². The highest BCUT2D eigenvalue weighted by Crippen LogP contribution is 2.30. The zero-order valence-corrected chi connectivity index (χ0v) is 13.6. The molecule has 4 nitrogen and oxygen atoms in total. The van der Waals surface area contributed by atoms with Crippen molar-refractivity contribution in [2.45, 2.75) is 25.7 Å². The second-order valence-electron chi connectivity index (χ2n) is 6.20. The Balaban J connectivity index is 1.71. The lowest BCUT2D eigenvalue weighted by molar-refractivity contribution is 0.582. The van der Waals surface area contributed by atoms with E-state index in [-0.39, 0.29) is 0 Å². The van der Waals surface area contributed by atoms with Gasteiger partial charge in [-0.15, -0.1) is 0 Å². The van der Waals surface area contributed by atoms with Crippen LogP contribution < -0.4 is 5.73 Å². The van der Waals surface area contributed by atoms with Gasteiger partial charge in [-0.1, -0.05) is 6.42 Å². The quantitative estimate of drug-likeness (QED) is 0.508. The van der Waals surface area contributed by atoms with Gasteiger partial charge in [0.1, 0.15) is 11.4 Å². The molecule has 3 aromatic heterocycles. The first-order chi connectivity index (χ1) is 11.8. The number of pyridine rings is 1. The van der Waals surface area contributed by atoms with Crippen LogP contribution in [0.1, 0.15) is 24.8 Å². The Bertz CT molecular complexity index is 954. The molecular formula is C20H21N3O. The van der Waals surface area contributed by atoms with Crippen molar-refractivity contribution in [3.8, 4) is 11.3 Å². The van der Waals surface area contributed by atoms with Gasteiger partial charge in [0.25, 0.3) is 0 Å². The first kappa shape index (κ1) is 15.0. The Hall–Kier alpha value is -2.59. The van der Waals surface area contributed by atoms with E-state index in [9.17, 15) is 0 Å². The normalized spacial score (nSPS) is 11.5. The largest absolute Gasteiger partial charge is 0.464 e. The first-order valence-corrected chi connectivity index (χ1v) is 8.49. The molecule has 0 amide bonds. The average molecular weight is 319 g/mol. The number of fused-ring (bicyclic) bond motifs is 3. The molecule has 0 radical (unpaired) electrons. The first-order valence-electron chi connectivity index (χ1n) is 8.49. The molecule has 0 aliphatic rings. The Morgan fingerprint density at radius 2 is 2.00 bits per heavy atom. The number of rotatable bonds is 6. The molecule has 1 aromatic carbocycles. The molecule has 4 rings (SSSR count). The molecule has 0 atom stereocenters. The predicted octanol–water partition coefficient (Wildman–Crippen LogP) is 4.65. The van der Waals surface area contributed by atoms with E-state index in [2.05, 4.69) is 34.2 Å². The molecule has 0 saturated carbocycles. The Kier molecular flexibility index (Phi) is 4.05. The zero-order valence-electron chi connectivity index (χ0n) is 13.6. The van der Waals surface area contributed by atoms with Crippen molar-refractivity contribution >= 4 is 21.9 Å². The second kappa shape index (κ2) is 6.49. The summed E-state index contributed by atoms with van der Waals surface area (Å²) in [6, 6.07) is 12.5. The van der Waals surface area contributed by atoms with Gasteiger partial charge in [0.05, 0.1) is 6.26 Å². The van der Waals surface area contributed by atoms with Crippen molar-refractivity contribution < 1.29 is 4.42 Å². The van der Waals surface area contributed by atoms with E-state index in [1.807, 2.05) is 18.3 Å². The minimum Gasteiger partial charge on any atom is -0.464 e. The van der Waals surface area contributed by atoms with Gasteiger partial charge < -0.3 is 15.1 Å². The number of aromatic nitrogens is 2. The van der Waals surface area contributed by atoms with Gasteiger partial charge in [-0.3, -0.25) is 0 Å². The van der Waals surface area contributed by atoms with Crippen molar-refractivity contribution in [3.05, 3.63) is 54.4 Å². The Labute approximate surface area is 140 Å². The van der Waals surface area contributed by atoms with Crippen LogP contribution in [0, 0.1) is 0 Å². The molecule has 0 spiro atoms. The van der Waals surface area contributed by atoms with Gasteiger partial charge in [-0.05, 0) is 67.8 Å². The number of furan rings is 1. The molecule has 0 aliphatic carbocycles. The lowest BCUT2D eigenvalue weighted by Crippen LogP contribution is -1.98. The fraction of sp³-hybridized carbons (Fsp3) is 0.250. The maximum absolute atomic E-state index is 5.56. The standard InChI is InChI=1S/C20H21N3O/c21-9-3-1-2-5-14-11-17-16-12-15(19-6-4-10-24-19)7-8-18(16)23-20(17)22-13-14/h4,6-8,10-13H,1-3,5,9,21H2,(H,22,23). The number of aromatic amines is 1. The van der Waals surface area contributed by atoms with Crippen LogP contribution in [0.15, 0.2) is 53.3 Å². The van der Waals surface area contributed by atoms with Crippen molar-refractivity contribution in [2.75, 3.05) is 6.54 Å². The molecule has 24 heavy (non-hydrogen) atoms. The van der Waals surface area contributed by atoms with Crippen LogP contribution in [0.3, 0.4) is 0 Å². The number of aryl methyl sites for hydroxylation is 1. The minimum atomic E-state index is 0.773. The van der Waals surface area contributed by atoms with Crippen LogP contribution in [0.5, 0.6) is 0 Å². The van der Waals surface area contributed by atoms with E-state index in [0.29, 0.717) is 0 Å². The number of H-pyrrole nitrogens is 1. The summed E-state index contributed by atoms with van der Waals surface area (Å²) in [5.74, 6) is 0.886. The maximum atomic E-state index is 5.56. The summed E-state index contributed by atoms with van der Waals surface area (Å²) in [4.78, 5) is 8.00. The van der Waals surface area contributed by atoms with Crippen molar-refractivity contribution in [1.29, 1.82) is 0 Å². The zero-order chi connectivity index (χ0) is 16.4. The van der Waals surface area contributed by atoms with Crippen LogP contribution in [0.2, 0.25) is 0 Å². The van der Waals surface area contributed by atoms with E-state index in [1.165, 1.54) is 22.8 Å². The summed E-state index contributed by atoms with van der Waals surface area (Å²) < 4.78 is 5.52. The monoisotopic (exact) mass is 319 g/mol. The SMILES string of the molecule is NCCCCCc1cnc2[nH]c3ccc(-c4ccco4)cc3c2c1. The fourth-order valence-corrected chi connectivity index (χ4v) is 3.20. The number of nitrogens with one attached hydrogen (secondary N) is 1. The number of hydrogen-bond donors (Lipinski definition) is 2. The van der Waals surface area contributed by atoms with E-state index < -0.39 is 0 Å². The molecule has 3 N–H and O–H groups in total. The summed E-state index contributed by atoms with van der Waals surface area (Å²) in [5.41, 5.74) is 9.97. The van der Waals surface area contributed by atoms with Gasteiger partial charge >= 0.3 is 0 Å². The molecule has 0 bridgehead atoms. The lowest BCUT2D eigenvalue weighted by Gasteiger charge is -2.02. The third kappa shape index (κ3) is 2.81. The van der Waals surface area contributed by atoms with Gasteiger partial charge in [-0.25, -0.2) is 4.98 Å². The Morgan fingerprint density at radius 3 is 2.83 bits per heavy atom. The van der Waals surface area contributed by atoms with Crippen LogP contribution in [-0.4, -0.2) is 16.5 Å². The van der Waals surface area contributed by atoms with Crippen LogP contribution in [-0.2, 0) is 6.42 Å².